The lowest BCUT2D eigenvalue weighted by molar-refractivity contribution is 1.53. The van der Waals surface area contributed by atoms with Crippen molar-refractivity contribution in [2.24, 2.45) is 0 Å². The first kappa shape index (κ1) is 11.9. The quantitative estimate of drug-likeness (QED) is 0.534. The molecule has 0 aromatic heterocycles. The van der Waals surface area contributed by atoms with Crippen LogP contribution in [0.15, 0.2) is 0 Å². The summed E-state index contributed by atoms with van der Waals surface area (Å²) in [5.74, 6) is 0. The molecule has 0 fully saturated rings. The Labute approximate surface area is 85.3 Å². The fraction of sp³-hybridized carbons (Fsp3) is 1.00. The second-order valence-electron chi connectivity index (χ2n) is 1.40. The van der Waals surface area contributed by atoms with E-state index in [0.29, 0.717) is 10.4 Å². The zero-order valence-corrected chi connectivity index (χ0v) is 10.4. The largest absolute Gasteiger partial charge is 0.114 e. The molecule has 0 unspecified atom stereocenters. The Balaban J connectivity index is 3.83. The molecule has 0 amide bonds. The van der Waals surface area contributed by atoms with Crippen molar-refractivity contribution in [1.29, 1.82) is 0 Å². The van der Waals surface area contributed by atoms with Gasteiger partial charge in [-0.25, -0.2) is 0 Å². The van der Waals surface area contributed by atoms with E-state index in [2.05, 4.69) is 6.92 Å². The SMILES string of the molecule is CCP(=S)(SCCl)SCCl. The lowest BCUT2D eigenvalue weighted by Crippen LogP contribution is -1.74. The second kappa shape index (κ2) is 6.45. The summed E-state index contributed by atoms with van der Waals surface area (Å²) in [5, 5.41) is 1.18. The molecule has 6 heteroatoms. The van der Waals surface area contributed by atoms with Crippen molar-refractivity contribution >= 4 is 62.2 Å². The minimum absolute atomic E-state index is 0.592. The van der Waals surface area contributed by atoms with Gasteiger partial charge in [-0.15, -0.1) is 23.2 Å². The van der Waals surface area contributed by atoms with Gasteiger partial charge in [0.1, 0.15) is 0 Å². The Morgan fingerprint density at radius 1 is 1.30 bits per heavy atom. The predicted octanol–water partition coefficient (Wildman–Crippen LogP) is 4.17. The van der Waals surface area contributed by atoms with Crippen molar-refractivity contribution < 1.29 is 0 Å². The lowest BCUT2D eigenvalue weighted by atomic mass is 11.0. The average molecular weight is 255 g/mol. The Morgan fingerprint density at radius 3 is 1.90 bits per heavy atom. The lowest BCUT2D eigenvalue weighted by Gasteiger charge is -2.14. The Hall–Kier alpha value is 1.93. The molecule has 0 heterocycles. The molecule has 10 heavy (non-hydrogen) atoms. The van der Waals surface area contributed by atoms with Gasteiger partial charge in [0.25, 0.3) is 0 Å². The summed E-state index contributed by atoms with van der Waals surface area (Å²) in [4.78, 5) is 0. The van der Waals surface area contributed by atoms with Gasteiger partial charge in [-0.1, -0.05) is 41.5 Å². The molecule has 0 saturated carbocycles. The summed E-state index contributed by atoms with van der Waals surface area (Å²) in [7, 11) is 0. The molecule has 0 spiro atoms. The van der Waals surface area contributed by atoms with Crippen LogP contribution >= 0.6 is 50.4 Å². The Morgan fingerprint density at radius 2 is 1.70 bits per heavy atom. The molecule has 0 aromatic rings. The molecular weight excluding hydrogens is 246 g/mol. The van der Waals surface area contributed by atoms with Crippen LogP contribution in [-0.4, -0.2) is 16.6 Å². The minimum atomic E-state index is -1.30. The zero-order valence-electron chi connectivity index (χ0n) is 5.55. The summed E-state index contributed by atoms with van der Waals surface area (Å²) in [6.45, 7) is 2.10. The normalized spacial score (nSPS) is 11.9. The molecule has 0 aliphatic rings. The molecule has 0 saturated heterocycles. The van der Waals surface area contributed by atoms with E-state index in [9.17, 15) is 0 Å². The van der Waals surface area contributed by atoms with Crippen LogP contribution in [0.25, 0.3) is 0 Å². The van der Waals surface area contributed by atoms with Gasteiger partial charge in [0.15, 0.2) is 0 Å². The van der Waals surface area contributed by atoms with Crippen LogP contribution in [0.4, 0.5) is 0 Å². The standard InChI is InChI=1S/C4H9Cl2PS3/c1-2-7(8,9-3-5)10-4-6/h2-4H2,1H3. The molecule has 0 bridgehead atoms. The van der Waals surface area contributed by atoms with E-state index in [0.717, 1.165) is 6.16 Å². The third-order valence-corrected chi connectivity index (χ3v) is 13.5. The van der Waals surface area contributed by atoms with Crippen molar-refractivity contribution in [3.05, 3.63) is 0 Å². The van der Waals surface area contributed by atoms with Crippen molar-refractivity contribution in [3.63, 3.8) is 0 Å². The average Bonchev–Trinajstić information content (AvgIpc) is 1.89. The van der Waals surface area contributed by atoms with Gasteiger partial charge in [0.2, 0.25) is 0 Å². The van der Waals surface area contributed by atoms with Crippen LogP contribution in [0.5, 0.6) is 0 Å². The first-order valence-corrected chi connectivity index (χ1v) is 9.92. The third-order valence-electron chi connectivity index (χ3n) is 0.878. The predicted molar refractivity (Wildman–Crippen MR) is 61.4 cm³/mol. The fourth-order valence-electron chi connectivity index (χ4n) is 0.369. The molecule has 0 aromatic carbocycles. The van der Waals surface area contributed by atoms with E-state index < -0.39 is 4.44 Å². The van der Waals surface area contributed by atoms with Gasteiger partial charge < -0.3 is 0 Å². The maximum Gasteiger partial charge on any atom is 0.0736 e. The van der Waals surface area contributed by atoms with Crippen LogP contribution < -0.4 is 0 Å². The van der Waals surface area contributed by atoms with Crippen LogP contribution in [0.2, 0.25) is 0 Å². The summed E-state index contributed by atoms with van der Waals surface area (Å²) >= 11 is 19.9. The fourth-order valence-corrected chi connectivity index (χ4v) is 11.0. The van der Waals surface area contributed by atoms with E-state index in [1.807, 2.05) is 0 Å². The van der Waals surface area contributed by atoms with E-state index in [-0.39, 0.29) is 0 Å². The number of hydrogen-bond donors (Lipinski definition) is 0. The Bertz CT molecular complexity index is 120. The van der Waals surface area contributed by atoms with E-state index in [4.69, 9.17) is 35.0 Å². The monoisotopic (exact) mass is 254 g/mol. The Kier molecular flexibility index (Phi) is 7.69. The van der Waals surface area contributed by atoms with Crippen molar-refractivity contribution in [3.8, 4) is 0 Å². The molecule has 0 aliphatic carbocycles. The second-order valence-corrected chi connectivity index (χ2v) is 14.8. The first-order chi connectivity index (χ1) is 4.68. The van der Waals surface area contributed by atoms with Crippen LogP contribution in [0.3, 0.4) is 0 Å². The zero-order chi connectivity index (χ0) is 8.04. The van der Waals surface area contributed by atoms with E-state index in [1.54, 1.807) is 22.8 Å². The highest BCUT2D eigenvalue weighted by molar-refractivity contribution is 9.00. The molecule has 0 nitrogen and oxygen atoms in total. The van der Waals surface area contributed by atoms with Crippen LogP contribution in [0, 0.1) is 0 Å². The van der Waals surface area contributed by atoms with Crippen molar-refractivity contribution in [1.82, 2.24) is 0 Å². The summed E-state index contributed by atoms with van der Waals surface area (Å²) < 4.78 is -1.30. The van der Waals surface area contributed by atoms with Gasteiger partial charge in [-0.2, -0.15) is 0 Å². The number of alkyl halides is 2. The van der Waals surface area contributed by atoms with Crippen molar-refractivity contribution in [2.75, 3.05) is 16.6 Å². The number of rotatable bonds is 5. The topological polar surface area (TPSA) is 0 Å². The van der Waals surface area contributed by atoms with Gasteiger partial charge in [0, 0.05) is 0 Å². The molecule has 0 N–H and O–H groups in total. The van der Waals surface area contributed by atoms with Gasteiger partial charge in [0.05, 0.1) is 14.9 Å². The van der Waals surface area contributed by atoms with Gasteiger partial charge >= 0.3 is 0 Å². The first-order valence-electron chi connectivity index (χ1n) is 2.68. The van der Waals surface area contributed by atoms with Gasteiger partial charge in [-0.05, 0) is 6.16 Å². The highest BCUT2D eigenvalue weighted by atomic mass is 35.5. The molecule has 0 atom stereocenters. The summed E-state index contributed by atoms with van der Waals surface area (Å²) in [6, 6.07) is 0. The van der Waals surface area contributed by atoms with Crippen LogP contribution in [0.1, 0.15) is 6.92 Å². The summed E-state index contributed by atoms with van der Waals surface area (Å²) in [5.41, 5.74) is 0. The molecule has 0 rings (SSSR count). The third kappa shape index (κ3) is 4.74. The maximum atomic E-state index is 5.57. The number of hydrogen-bond acceptors (Lipinski definition) is 3. The number of halogens is 2. The minimum Gasteiger partial charge on any atom is -0.114 e. The molecule has 0 aliphatic heterocycles. The van der Waals surface area contributed by atoms with Crippen LogP contribution in [-0.2, 0) is 11.8 Å². The van der Waals surface area contributed by atoms with Gasteiger partial charge in [-0.3, -0.25) is 0 Å². The summed E-state index contributed by atoms with van der Waals surface area (Å²) in [6.07, 6.45) is 1.02. The highest BCUT2D eigenvalue weighted by Gasteiger charge is 2.13. The molecular formula is C4H9Cl2PS3. The highest BCUT2D eigenvalue weighted by Crippen LogP contribution is 2.69. The maximum absolute atomic E-state index is 5.57. The molecule has 62 valence electrons. The smallest absolute Gasteiger partial charge is 0.0736 e. The van der Waals surface area contributed by atoms with E-state index >= 15 is 0 Å². The van der Waals surface area contributed by atoms with Crippen molar-refractivity contribution in [2.45, 2.75) is 6.92 Å². The van der Waals surface area contributed by atoms with E-state index in [1.165, 1.54) is 0 Å². The molecule has 0 radical (unpaired) electrons.